The third kappa shape index (κ3) is 3.63. The van der Waals surface area contributed by atoms with Crippen LogP contribution in [-0.2, 0) is 6.54 Å². The van der Waals surface area contributed by atoms with E-state index in [0.29, 0.717) is 23.4 Å². The van der Waals surface area contributed by atoms with Crippen molar-refractivity contribution in [3.05, 3.63) is 82.2 Å². The Kier molecular flexibility index (Phi) is 5.11. The molecule has 2 aromatic heterocycles. The first-order valence-electron chi connectivity index (χ1n) is 8.90. The summed E-state index contributed by atoms with van der Waals surface area (Å²) >= 11 is 3.46. The van der Waals surface area contributed by atoms with E-state index in [2.05, 4.69) is 31.3 Å². The maximum absolute atomic E-state index is 14.3. The second-order valence-corrected chi connectivity index (χ2v) is 7.47. The molecule has 0 radical (unpaired) electrons. The maximum atomic E-state index is 14.3. The number of benzene rings is 2. The minimum Gasteiger partial charge on any atom is -0.366 e. The Bertz CT molecular complexity index is 1120. The quantitative estimate of drug-likeness (QED) is 0.462. The van der Waals surface area contributed by atoms with Crippen LogP contribution in [0.15, 0.2) is 65.3 Å². The van der Waals surface area contributed by atoms with Crippen molar-refractivity contribution in [2.24, 2.45) is 5.73 Å². The summed E-state index contributed by atoms with van der Waals surface area (Å²) in [5.74, 6) is 0.414. The van der Waals surface area contributed by atoms with Gasteiger partial charge in [-0.1, -0.05) is 36.4 Å². The van der Waals surface area contributed by atoms with Crippen molar-refractivity contribution >= 4 is 27.4 Å². The molecule has 2 heterocycles. The second-order valence-electron chi connectivity index (χ2n) is 6.62. The van der Waals surface area contributed by atoms with Crippen LogP contribution in [0.1, 0.15) is 24.1 Å². The van der Waals surface area contributed by atoms with Gasteiger partial charge >= 0.3 is 0 Å². The summed E-state index contributed by atoms with van der Waals surface area (Å²) in [4.78, 5) is 4.57. The van der Waals surface area contributed by atoms with E-state index < -0.39 is 0 Å². The fourth-order valence-electron chi connectivity index (χ4n) is 3.00. The minimum atomic E-state index is -0.313. The van der Waals surface area contributed by atoms with Gasteiger partial charge in [0.05, 0.1) is 16.4 Å². The molecular formula is C21H19BrFN5. The molecule has 142 valence electrons. The molecule has 5 nitrogen and oxygen atoms in total. The molecule has 2 aromatic carbocycles. The number of nitrogens with two attached hydrogens (primary N) is 1. The molecule has 0 aliphatic heterocycles. The van der Waals surface area contributed by atoms with Crippen LogP contribution in [0.25, 0.3) is 16.9 Å². The molecule has 28 heavy (non-hydrogen) atoms. The molecule has 0 saturated heterocycles. The standard InChI is InChI=1S/C21H19BrFN5/c1-13(24)15-8-6-14(7-9-15)11-25-20-10-19(16-4-2-3-5-18(16)23)27-21-17(22)12-26-28(20)21/h2-10,12-13,25H,11,24H2,1H3. The van der Waals surface area contributed by atoms with Gasteiger partial charge in [-0.3, -0.25) is 0 Å². The average molecular weight is 440 g/mol. The van der Waals surface area contributed by atoms with Gasteiger partial charge in [0.2, 0.25) is 0 Å². The summed E-state index contributed by atoms with van der Waals surface area (Å²) in [6.07, 6.45) is 1.68. The molecule has 0 saturated carbocycles. The number of aromatic nitrogens is 3. The Morgan fingerprint density at radius 3 is 2.64 bits per heavy atom. The molecule has 1 atom stereocenters. The van der Waals surface area contributed by atoms with Crippen LogP contribution in [0, 0.1) is 5.82 Å². The number of anilines is 1. The van der Waals surface area contributed by atoms with Gasteiger partial charge in [-0.05, 0) is 46.1 Å². The molecule has 0 fully saturated rings. The summed E-state index contributed by atoms with van der Waals surface area (Å²) in [6, 6.07) is 16.6. The minimum absolute atomic E-state index is 0.00610. The number of rotatable bonds is 5. The molecule has 4 rings (SSSR count). The molecule has 0 spiro atoms. The molecule has 0 aliphatic carbocycles. The Morgan fingerprint density at radius 2 is 1.93 bits per heavy atom. The number of nitrogens with one attached hydrogen (secondary N) is 1. The summed E-state index contributed by atoms with van der Waals surface area (Å²) < 4.78 is 16.7. The lowest BCUT2D eigenvalue weighted by atomic mass is 10.1. The Hall–Kier alpha value is -2.77. The van der Waals surface area contributed by atoms with Crippen molar-refractivity contribution in [3.8, 4) is 11.3 Å². The number of halogens is 2. The van der Waals surface area contributed by atoms with E-state index in [-0.39, 0.29) is 11.9 Å². The van der Waals surface area contributed by atoms with Crippen molar-refractivity contribution in [2.45, 2.75) is 19.5 Å². The van der Waals surface area contributed by atoms with Gasteiger partial charge in [0, 0.05) is 24.2 Å². The van der Waals surface area contributed by atoms with E-state index in [1.54, 1.807) is 35.0 Å². The fourth-order valence-corrected chi connectivity index (χ4v) is 3.35. The highest BCUT2D eigenvalue weighted by Gasteiger charge is 2.13. The van der Waals surface area contributed by atoms with Crippen molar-refractivity contribution in [1.29, 1.82) is 0 Å². The van der Waals surface area contributed by atoms with Gasteiger partial charge in [-0.25, -0.2) is 9.37 Å². The summed E-state index contributed by atoms with van der Waals surface area (Å²) in [7, 11) is 0. The normalized spacial score (nSPS) is 12.3. The first-order valence-corrected chi connectivity index (χ1v) is 9.69. The molecule has 0 bridgehead atoms. The maximum Gasteiger partial charge on any atom is 0.172 e. The Morgan fingerprint density at radius 1 is 1.18 bits per heavy atom. The van der Waals surface area contributed by atoms with Gasteiger partial charge in [0.15, 0.2) is 5.65 Å². The van der Waals surface area contributed by atoms with Crippen molar-refractivity contribution in [1.82, 2.24) is 14.6 Å². The molecule has 1 unspecified atom stereocenters. The zero-order chi connectivity index (χ0) is 19.7. The van der Waals surface area contributed by atoms with E-state index in [9.17, 15) is 4.39 Å². The van der Waals surface area contributed by atoms with Crippen LogP contribution >= 0.6 is 15.9 Å². The van der Waals surface area contributed by atoms with Gasteiger partial charge in [0.1, 0.15) is 11.6 Å². The van der Waals surface area contributed by atoms with Crippen LogP contribution < -0.4 is 11.1 Å². The first kappa shape index (κ1) is 18.6. The van der Waals surface area contributed by atoms with E-state index in [4.69, 9.17) is 5.73 Å². The molecule has 3 N–H and O–H groups in total. The first-order chi connectivity index (χ1) is 13.5. The van der Waals surface area contributed by atoms with Crippen LogP contribution in [-0.4, -0.2) is 14.6 Å². The second kappa shape index (κ2) is 7.69. The highest BCUT2D eigenvalue weighted by molar-refractivity contribution is 9.10. The van der Waals surface area contributed by atoms with Crippen molar-refractivity contribution in [2.75, 3.05) is 5.32 Å². The number of hydrogen-bond donors (Lipinski definition) is 2. The van der Waals surface area contributed by atoms with Crippen LogP contribution in [0.4, 0.5) is 10.2 Å². The average Bonchev–Trinajstić information content (AvgIpc) is 3.08. The third-order valence-electron chi connectivity index (χ3n) is 4.56. The zero-order valence-electron chi connectivity index (χ0n) is 15.2. The molecule has 0 amide bonds. The predicted molar refractivity (Wildman–Crippen MR) is 112 cm³/mol. The zero-order valence-corrected chi connectivity index (χ0v) is 16.8. The number of hydrogen-bond acceptors (Lipinski definition) is 4. The highest BCUT2D eigenvalue weighted by Crippen LogP contribution is 2.27. The van der Waals surface area contributed by atoms with Crippen molar-refractivity contribution in [3.63, 3.8) is 0 Å². The molecule has 7 heteroatoms. The number of nitrogens with zero attached hydrogens (tertiary/aromatic N) is 3. The smallest absolute Gasteiger partial charge is 0.172 e. The monoisotopic (exact) mass is 439 g/mol. The van der Waals surface area contributed by atoms with Crippen LogP contribution in [0.5, 0.6) is 0 Å². The summed E-state index contributed by atoms with van der Waals surface area (Å²) in [5, 5.41) is 7.74. The van der Waals surface area contributed by atoms with Gasteiger partial charge in [-0.2, -0.15) is 9.61 Å². The van der Waals surface area contributed by atoms with E-state index in [0.717, 1.165) is 21.4 Å². The lowest BCUT2D eigenvalue weighted by molar-refractivity contribution is 0.630. The van der Waals surface area contributed by atoms with E-state index in [1.807, 2.05) is 31.2 Å². The summed E-state index contributed by atoms with van der Waals surface area (Å²) in [6.45, 7) is 2.55. The highest BCUT2D eigenvalue weighted by atomic mass is 79.9. The van der Waals surface area contributed by atoms with Crippen LogP contribution in [0.3, 0.4) is 0 Å². The molecular weight excluding hydrogens is 421 g/mol. The lowest BCUT2D eigenvalue weighted by Crippen LogP contribution is -2.08. The van der Waals surface area contributed by atoms with Gasteiger partial charge < -0.3 is 11.1 Å². The number of fused-ring (bicyclic) bond motifs is 1. The Balaban J connectivity index is 1.69. The summed E-state index contributed by atoms with van der Waals surface area (Å²) in [5.41, 5.74) is 9.71. The molecule has 0 aliphatic rings. The lowest BCUT2D eigenvalue weighted by Gasteiger charge is -2.12. The third-order valence-corrected chi connectivity index (χ3v) is 5.12. The topological polar surface area (TPSA) is 68.2 Å². The fraction of sp³-hybridized carbons (Fsp3) is 0.143. The SMILES string of the molecule is CC(N)c1ccc(CNc2cc(-c3ccccc3F)nc3c(Br)cnn23)cc1. The van der Waals surface area contributed by atoms with Gasteiger partial charge in [-0.15, -0.1) is 0 Å². The van der Waals surface area contributed by atoms with E-state index in [1.165, 1.54) is 6.07 Å². The largest absolute Gasteiger partial charge is 0.366 e. The predicted octanol–water partition coefficient (Wildman–Crippen LogP) is 4.93. The van der Waals surface area contributed by atoms with Gasteiger partial charge in [0.25, 0.3) is 0 Å². The molecule has 4 aromatic rings. The van der Waals surface area contributed by atoms with E-state index >= 15 is 0 Å². The van der Waals surface area contributed by atoms with Crippen molar-refractivity contribution < 1.29 is 4.39 Å². The van der Waals surface area contributed by atoms with Crippen LogP contribution in [0.2, 0.25) is 0 Å². The Labute approximate surface area is 170 Å².